The molecule has 1 aliphatic heterocycles. The smallest absolute Gasteiger partial charge is 0.306 e. The predicted molar refractivity (Wildman–Crippen MR) is 236 cm³/mol. The molecule has 3 N–H and O–H groups in total. The van der Waals surface area contributed by atoms with Crippen LogP contribution in [0.4, 0.5) is 0 Å². The van der Waals surface area contributed by atoms with E-state index in [9.17, 15) is 9.59 Å². The first kappa shape index (κ1) is 44.9. The molecule has 61 heavy (non-hydrogen) atoms. The molecule has 0 unspecified atom stereocenters. The minimum absolute atomic E-state index is 0.0167. The Labute approximate surface area is 366 Å². The molecule has 0 fully saturated rings. The Hall–Kier alpha value is -5.59. The molecule has 11 nitrogen and oxygen atoms in total. The standard InChI is InChI=1S/C48H51Cl2N3O8/c1-47(2,3)61-43(55)23-25-48(44(39-21-18-37(49)30-40(39)50)60-45(52-48)36-16-19-38(20-17-36)57-28-10-27-54)46(56)53-51-26-24-33-15-22-41(58-31-34-11-6-4-7-12-34)42(29-33)59-32-35-13-8-5-9-14-35/h4-9,11-22,29-30,44,51,54H,10,23-28,31-32H2,1-3H3,(H,53,56)/t44-,48-/m0/s1. The summed E-state index contributed by atoms with van der Waals surface area (Å²) < 4.78 is 30.4. The number of nitrogens with one attached hydrogen (secondary N) is 2. The van der Waals surface area contributed by atoms with Gasteiger partial charge in [0.1, 0.15) is 24.6 Å². The zero-order chi connectivity index (χ0) is 43.2. The van der Waals surface area contributed by atoms with E-state index in [1.807, 2.05) is 78.9 Å². The summed E-state index contributed by atoms with van der Waals surface area (Å²) in [5, 5.41) is 9.82. The molecule has 1 heterocycles. The summed E-state index contributed by atoms with van der Waals surface area (Å²) in [7, 11) is 0. The van der Waals surface area contributed by atoms with Crippen molar-refractivity contribution in [1.82, 2.24) is 10.9 Å². The molecule has 1 aliphatic rings. The zero-order valence-electron chi connectivity index (χ0n) is 34.5. The van der Waals surface area contributed by atoms with Crippen molar-refractivity contribution >= 4 is 41.0 Å². The molecule has 0 aliphatic carbocycles. The number of halogens is 2. The number of benzene rings is 5. The van der Waals surface area contributed by atoms with E-state index in [0.29, 0.717) is 72.6 Å². The van der Waals surface area contributed by atoms with Crippen molar-refractivity contribution in [1.29, 1.82) is 0 Å². The average molecular weight is 869 g/mol. The average Bonchev–Trinajstić information content (AvgIpc) is 3.64. The van der Waals surface area contributed by atoms with Crippen LogP contribution in [0, 0.1) is 0 Å². The van der Waals surface area contributed by atoms with Crippen molar-refractivity contribution in [3.05, 3.63) is 159 Å². The number of carbonyl (C=O) groups is 2. The van der Waals surface area contributed by atoms with Crippen molar-refractivity contribution in [3.8, 4) is 17.2 Å². The Balaban J connectivity index is 1.23. The quantitative estimate of drug-likeness (QED) is 0.0398. The maximum Gasteiger partial charge on any atom is 0.306 e. The molecule has 0 saturated carbocycles. The second-order valence-corrected chi connectivity index (χ2v) is 16.3. The van der Waals surface area contributed by atoms with Crippen LogP contribution in [0.1, 0.15) is 74.0 Å². The minimum atomic E-state index is -1.68. The third-order valence-electron chi connectivity index (χ3n) is 9.63. The summed E-state index contributed by atoms with van der Waals surface area (Å²) in [5.41, 5.74) is 7.56. The predicted octanol–water partition coefficient (Wildman–Crippen LogP) is 9.15. The first-order chi connectivity index (χ1) is 29.4. The molecule has 0 aromatic heterocycles. The van der Waals surface area contributed by atoms with Crippen molar-refractivity contribution in [2.75, 3.05) is 19.8 Å². The molecule has 1 amide bonds. The number of ether oxygens (including phenoxy) is 5. The van der Waals surface area contributed by atoms with Gasteiger partial charge in [0.25, 0.3) is 5.91 Å². The van der Waals surface area contributed by atoms with E-state index in [0.717, 1.165) is 16.7 Å². The Morgan fingerprint density at radius 2 is 1.48 bits per heavy atom. The molecule has 5 aromatic carbocycles. The van der Waals surface area contributed by atoms with E-state index in [2.05, 4.69) is 10.9 Å². The third-order valence-corrected chi connectivity index (χ3v) is 10.2. The van der Waals surface area contributed by atoms with Gasteiger partial charge in [0, 0.05) is 47.2 Å². The number of nitrogens with zero attached hydrogens (tertiary/aromatic N) is 1. The lowest BCUT2D eigenvalue weighted by Crippen LogP contribution is -2.53. The second-order valence-electron chi connectivity index (χ2n) is 15.5. The van der Waals surface area contributed by atoms with Crippen molar-refractivity contribution in [2.24, 2.45) is 4.99 Å². The summed E-state index contributed by atoms with van der Waals surface area (Å²) >= 11 is 13.1. The van der Waals surface area contributed by atoms with Gasteiger partial charge in [-0.25, -0.2) is 10.4 Å². The van der Waals surface area contributed by atoms with Crippen LogP contribution in [0.3, 0.4) is 0 Å². The fourth-order valence-electron chi connectivity index (χ4n) is 6.62. The van der Waals surface area contributed by atoms with Crippen LogP contribution >= 0.6 is 23.2 Å². The Morgan fingerprint density at radius 1 is 0.803 bits per heavy atom. The largest absolute Gasteiger partial charge is 0.494 e. The highest BCUT2D eigenvalue weighted by molar-refractivity contribution is 6.35. The van der Waals surface area contributed by atoms with E-state index < -0.39 is 29.1 Å². The number of carbonyl (C=O) groups excluding carboxylic acids is 2. The number of hydrogen-bond acceptors (Lipinski definition) is 10. The van der Waals surface area contributed by atoms with Gasteiger partial charge < -0.3 is 28.8 Å². The molecular formula is C48H51Cl2N3O8. The van der Waals surface area contributed by atoms with Gasteiger partial charge in [-0.1, -0.05) is 96.0 Å². The maximum absolute atomic E-state index is 14.7. The van der Waals surface area contributed by atoms with Crippen LogP contribution in [-0.4, -0.2) is 53.8 Å². The SMILES string of the molecule is CC(C)(C)OC(=O)CC[C@]1(C(=O)NNCCc2ccc(OCc3ccccc3)c(OCc3ccccc3)c2)N=C(c2ccc(OCCCO)cc2)O[C@H]1c1ccc(Cl)cc1Cl. The summed E-state index contributed by atoms with van der Waals surface area (Å²) in [6, 6.07) is 37.6. The molecule has 0 spiro atoms. The Kier molecular flexibility index (Phi) is 15.7. The van der Waals surface area contributed by atoms with Gasteiger partial charge in [-0.3, -0.25) is 15.0 Å². The molecule has 2 atom stereocenters. The van der Waals surface area contributed by atoms with Crippen LogP contribution < -0.4 is 25.1 Å². The van der Waals surface area contributed by atoms with Crippen LogP contribution in [-0.2, 0) is 38.7 Å². The molecule has 5 aromatic rings. The van der Waals surface area contributed by atoms with Crippen LogP contribution in [0.5, 0.6) is 17.2 Å². The lowest BCUT2D eigenvalue weighted by Gasteiger charge is -2.31. The first-order valence-electron chi connectivity index (χ1n) is 20.2. The highest BCUT2D eigenvalue weighted by Gasteiger charge is 2.54. The third kappa shape index (κ3) is 12.7. The van der Waals surface area contributed by atoms with E-state index in [-0.39, 0.29) is 30.4 Å². The first-order valence-corrected chi connectivity index (χ1v) is 20.9. The minimum Gasteiger partial charge on any atom is -0.494 e. The maximum atomic E-state index is 14.7. The summed E-state index contributed by atoms with van der Waals surface area (Å²) in [4.78, 5) is 32.8. The fraction of sp³-hybridized carbons (Fsp3) is 0.312. The fourth-order valence-corrected chi connectivity index (χ4v) is 7.12. The van der Waals surface area contributed by atoms with Crippen LogP contribution in [0.25, 0.3) is 0 Å². The van der Waals surface area contributed by atoms with Crippen LogP contribution in [0.15, 0.2) is 126 Å². The van der Waals surface area contributed by atoms with E-state index in [4.69, 9.17) is 57.0 Å². The molecule has 320 valence electrons. The molecule has 6 rings (SSSR count). The summed E-state index contributed by atoms with van der Waals surface area (Å²) in [6.45, 7) is 6.78. The lowest BCUT2D eigenvalue weighted by molar-refractivity contribution is -0.155. The number of esters is 1. The zero-order valence-corrected chi connectivity index (χ0v) is 36.0. The van der Waals surface area contributed by atoms with Gasteiger partial charge in [0.15, 0.2) is 23.1 Å². The van der Waals surface area contributed by atoms with Gasteiger partial charge in [0.2, 0.25) is 5.90 Å². The van der Waals surface area contributed by atoms with E-state index in [1.165, 1.54) is 0 Å². The van der Waals surface area contributed by atoms with E-state index >= 15 is 0 Å². The molecule has 0 bridgehead atoms. The molecule has 0 saturated heterocycles. The normalized spacial score (nSPS) is 16.0. The van der Waals surface area contributed by atoms with Gasteiger partial charge in [-0.05, 0) is 98.8 Å². The van der Waals surface area contributed by atoms with Crippen LogP contribution in [0.2, 0.25) is 10.0 Å². The monoisotopic (exact) mass is 867 g/mol. The van der Waals surface area contributed by atoms with Gasteiger partial charge in [-0.15, -0.1) is 0 Å². The highest BCUT2D eigenvalue weighted by atomic mass is 35.5. The van der Waals surface area contributed by atoms with Gasteiger partial charge >= 0.3 is 5.97 Å². The molecular weight excluding hydrogens is 817 g/mol. The van der Waals surface area contributed by atoms with Gasteiger partial charge in [-0.2, -0.15) is 0 Å². The number of hydrogen-bond donors (Lipinski definition) is 3. The number of rotatable bonds is 20. The summed E-state index contributed by atoms with van der Waals surface area (Å²) in [6.07, 6.45) is -0.266. The summed E-state index contributed by atoms with van der Waals surface area (Å²) in [5.74, 6) is 0.943. The van der Waals surface area contributed by atoms with Crippen molar-refractivity contribution < 1.29 is 38.4 Å². The Bertz CT molecular complexity index is 2250. The highest BCUT2D eigenvalue weighted by Crippen LogP contribution is 2.46. The number of amides is 1. The molecule has 0 radical (unpaired) electrons. The van der Waals surface area contributed by atoms with Crippen molar-refractivity contribution in [3.63, 3.8) is 0 Å². The molecule has 13 heteroatoms. The Morgan fingerprint density at radius 3 is 2.11 bits per heavy atom. The van der Waals surface area contributed by atoms with E-state index in [1.54, 1.807) is 63.2 Å². The second kappa shape index (κ2) is 21.3. The van der Waals surface area contributed by atoms with Gasteiger partial charge in [0.05, 0.1) is 6.61 Å². The topological polar surface area (TPSA) is 137 Å². The van der Waals surface area contributed by atoms with Crippen molar-refractivity contribution in [2.45, 2.75) is 76.9 Å². The lowest BCUT2D eigenvalue weighted by atomic mass is 9.83. The number of hydrazine groups is 1. The number of aliphatic hydroxyl groups is 1. The number of aliphatic imine (C=N–C) groups is 1. The number of aliphatic hydroxyl groups excluding tert-OH is 1.